The van der Waals surface area contributed by atoms with Crippen LogP contribution in [-0.2, 0) is 6.54 Å². The molecule has 2 rings (SSSR count). The Bertz CT molecular complexity index is 318. The molecule has 1 saturated heterocycles. The average Bonchev–Trinajstić information content (AvgIpc) is 2.80. The van der Waals surface area contributed by atoms with E-state index in [1.165, 1.54) is 31.5 Å². The first-order chi connectivity index (χ1) is 7.88. The minimum atomic E-state index is 0.702. The van der Waals surface area contributed by atoms with Crippen molar-refractivity contribution in [3.63, 3.8) is 0 Å². The van der Waals surface area contributed by atoms with Gasteiger partial charge in [-0.1, -0.05) is 12.1 Å². The largest absolute Gasteiger partial charge is 0.494 e. The number of hydrogen-bond donors (Lipinski definition) is 0. The lowest BCUT2D eigenvalue weighted by Gasteiger charge is -2.15. The van der Waals surface area contributed by atoms with Crippen LogP contribution in [0.3, 0.4) is 0 Å². The lowest BCUT2D eigenvalue weighted by Crippen LogP contribution is -2.18. The van der Waals surface area contributed by atoms with Crippen LogP contribution < -0.4 is 4.74 Å². The molecule has 0 aliphatic carbocycles. The summed E-state index contributed by atoms with van der Waals surface area (Å²) in [5.41, 5.74) is 1.35. The Kier molecular flexibility index (Phi) is 4.23. The Hall–Kier alpha value is -1.02. The summed E-state index contributed by atoms with van der Waals surface area (Å²) in [5.74, 6) is 0.973. The fourth-order valence-corrected chi connectivity index (χ4v) is 2.12. The number of nitrogens with zero attached hydrogens (tertiary/aromatic N) is 1. The van der Waals surface area contributed by atoms with Gasteiger partial charge in [0.2, 0.25) is 0 Å². The molecule has 87 valence electrons. The molecule has 1 aromatic rings. The molecule has 0 amide bonds. The fourth-order valence-electron chi connectivity index (χ4n) is 2.12. The van der Waals surface area contributed by atoms with E-state index in [0.29, 0.717) is 6.61 Å². The quantitative estimate of drug-likeness (QED) is 0.753. The molecule has 0 N–H and O–H groups in total. The van der Waals surface area contributed by atoms with Gasteiger partial charge in [-0.2, -0.15) is 0 Å². The zero-order valence-corrected chi connectivity index (χ0v) is 9.82. The average molecular weight is 218 g/mol. The topological polar surface area (TPSA) is 12.5 Å². The van der Waals surface area contributed by atoms with Crippen molar-refractivity contribution in [2.75, 3.05) is 19.7 Å². The van der Waals surface area contributed by atoms with Crippen molar-refractivity contribution >= 4 is 0 Å². The normalized spacial score (nSPS) is 16.6. The van der Waals surface area contributed by atoms with Crippen LogP contribution in [0.1, 0.15) is 24.8 Å². The number of rotatable bonds is 5. The van der Waals surface area contributed by atoms with Crippen molar-refractivity contribution < 1.29 is 4.74 Å². The van der Waals surface area contributed by atoms with Crippen LogP contribution in [0.15, 0.2) is 24.3 Å². The van der Waals surface area contributed by atoms with Gasteiger partial charge in [0.15, 0.2) is 0 Å². The summed E-state index contributed by atoms with van der Waals surface area (Å²) in [6.45, 7) is 8.01. The van der Waals surface area contributed by atoms with Gasteiger partial charge in [-0.25, -0.2) is 0 Å². The van der Waals surface area contributed by atoms with Gasteiger partial charge in [0, 0.05) is 6.54 Å². The lowest BCUT2D eigenvalue weighted by molar-refractivity contribution is 0.317. The van der Waals surface area contributed by atoms with Crippen LogP contribution in [0.25, 0.3) is 0 Å². The monoisotopic (exact) mass is 218 g/mol. The molecule has 1 radical (unpaired) electrons. The van der Waals surface area contributed by atoms with E-state index < -0.39 is 0 Å². The summed E-state index contributed by atoms with van der Waals surface area (Å²) in [5, 5.41) is 0. The number of ether oxygens (including phenoxy) is 1. The molecule has 2 heteroatoms. The van der Waals surface area contributed by atoms with Gasteiger partial charge in [-0.05, 0) is 57.0 Å². The van der Waals surface area contributed by atoms with Crippen LogP contribution in [0.2, 0.25) is 0 Å². The molecule has 1 aliphatic rings. The van der Waals surface area contributed by atoms with Crippen molar-refractivity contribution in [2.24, 2.45) is 0 Å². The molecule has 1 aromatic carbocycles. The molecule has 0 spiro atoms. The summed E-state index contributed by atoms with van der Waals surface area (Å²) >= 11 is 0. The maximum absolute atomic E-state index is 5.58. The van der Waals surface area contributed by atoms with E-state index >= 15 is 0 Å². The van der Waals surface area contributed by atoms with Crippen LogP contribution in [0, 0.1) is 6.92 Å². The molecule has 1 fully saturated rings. The molecule has 1 aliphatic heterocycles. The van der Waals surface area contributed by atoms with E-state index in [1.807, 2.05) is 6.07 Å². The third-order valence-corrected chi connectivity index (χ3v) is 2.92. The maximum Gasteiger partial charge on any atom is 0.119 e. The summed E-state index contributed by atoms with van der Waals surface area (Å²) < 4.78 is 5.58. The van der Waals surface area contributed by atoms with E-state index in [4.69, 9.17) is 4.74 Å². The number of hydrogen-bond acceptors (Lipinski definition) is 2. The van der Waals surface area contributed by atoms with Crippen LogP contribution in [0.5, 0.6) is 5.75 Å². The summed E-state index contributed by atoms with van der Waals surface area (Å²) in [7, 11) is 0. The molecule has 0 atom stereocenters. The highest BCUT2D eigenvalue weighted by molar-refractivity contribution is 5.28. The molecular formula is C14H20NO. The number of likely N-dealkylation sites (tertiary alicyclic amines) is 1. The van der Waals surface area contributed by atoms with E-state index in [2.05, 4.69) is 30.0 Å². The Morgan fingerprint density at radius 2 is 2.06 bits per heavy atom. The summed E-state index contributed by atoms with van der Waals surface area (Å²) in [6.07, 6.45) is 3.51. The first kappa shape index (κ1) is 11.5. The van der Waals surface area contributed by atoms with Crippen molar-refractivity contribution in [3.05, 3.63) is 36.8 Å². The van der Waals surface area contributed by atoms with Crippen molar-refractivity contribution in [1.82, 2.24) is 4.90 Å². The predicted molar refractivity (Wildman–Crippen MR) is 66.4 cm³/mol. The second kappa shape index (κ2) is 5.90. The predicted octanol–water partition coefficient (Wildman–Crippen LogP) is 2.89. The van der Waals surface area contributed by atoms with Gasteiger partial charge in [-0.3, -0.25) is 4.90 Å². The third-order valence-electron chi connectivity index (χ3n) is 2.92. The fraction of sp³-hybridized carbons (Fsp3) is 0.500. The summed E-state index contributed by atoms with van der Waals surface area (Å²) in [6, 6.07) is 8.41. The third kappa shape index (κ3) is 3.24. The van der Waals surface area contributed by atoms with Crippen LogP contribution in [0.4, 0.5) is 0 Å². The van der Waals surface area contributed by atoms with Gasteiger partial charge in [0.25, 0.3) is 0 Å². The maximum atomic E-state index is 5.58. The van der Waals surface area contributed by atoms with Gasteiger partial charge in [0.05, 0.1) is 6.61 Å². The van der Waals surface area contributed by atoms with Gasteiger partial charge in [0.1, 0.15) is 5.75 Å². The molecule has 16 heavy (non-hydrogen) atoms. The first-order valence-corrected chi connectivity index (χ1v) is 6.12. The zero-order valence-electron chi connectivity index (χ0n) is 9.82. The second-order valence-electron chi connectivity index (χ2n) is 4.33. The minimum absolute atomic E-state index is 0.702. The standard InChI is InChI=1S/C14H20NO/c1-2-10-16-14-7-5-6-13(11-14)12-15-8-3-4-9-15/h5-7,11H,1-4,8-10,12H2. The van der Waals surface area contributed by atoms with Crippen molar-refractivity contribution in [2.45, 2.75) is 25.8 Å². The SMILES string of the molecule is [CH2]CCOc1cccc(CN2CCCC2)c1. The van der Waals surface area contributed by atoms with Gasteiger partial charge < -0.3 is 4.74 Å². The van der Waals surface area contributed by atoms with Gasteiger partial charge in [-0.15, -0.1) is 0 Å². The van der Waals surface area contributed by atoms with E-state index in [9.17, 15) is 0 Å². The highest BCUT2D eigenvalue weighted by Crippen LogP contribution is 2.17. The van der Waals surface area contributed by atoms with Crippen molar-refractivity contribution in [1.29, 1.82) is 0 Å². The van der Waals surface area contributed by atoms with Crippen molar-refractivity contribution in [3.8, 4) is 5.75 Å². The minimum Gasteiger partial charge on any atom is -0.494 e. The molecule has 2 nitrogen and oxygen atoms in total. The Morgan fingerprint density at radius 3 is 2.81 bits per heavy atom. The van der Waals surface area contributed by atoms with E-state index in [1.54, 1.807) is 0 Å². The lowest BCUT2D eigenvalue weighted by atomic mass is 10.2. The summed E-state index contributed by atoms with van der Waals surface area (Å²) in [4.78, 5) is 2.50. The molecule has 0 bridgehead atoms. The van der Waals surface area contributed by atoms with E-state index in [0.717, 1.165) is 18.7 Å². The Morgan fingerprint density at radius 1 is 1.25 bits per heavy atom. The highest BCUT2D eigenvalue weighted by Gasteiger charge is 2.11. The van der Waals surface area contributed by atoms with Crippen LogP contribution in [-0.4, -0.2) is 24.6 Å². The van der Waals surface area contributed by atoms with Gasteiger partial charge >= 0.3 is 0 Å². The zero-order chi connectivity index (χ0) is 11.2. The molecule has 0 unspecified atom stereocenters. The molecule has 1 heterocycles. The first-order valence-electron chi connectivity index (χ1n) is 6.12. The smallest absolute Gasteiger partial charge is 0.119 e. The molecular weight excluding hydrogens is 198 g/mol. The van der Waals surface area contributed by atoms with E-state index in [-0.39, 0.29) is 0 Å². The Labute approximate surface area is 98.2 Å². The van der Waals surface area contributed by atoms with Crippen LogP contribution >= 0.6 is 0 Å². The molecule has 0 saturated carbocycles. The second-order valence-corrected chi connectivity index (χ2v) is 4.33. The Balaban J connectivity index is 1.92. The highest BCUT2D eigenvalue weighted by atomic mass is 16.5. The number of benzene rings is 1. The molecule has 0 aromatic heterocycles.